The summed E-state index contributed by atoms with van der Waals surface area (Å²) in [4.78, 5) is 7.34. The smallest absolute Gasteiger partial charge is 0.0931 e. The molecule has 1 aliphatic rings. The van der Waals surface area contributed by atoms with Gasteiger partial charge in [-0.25, -0.2) is 4.98 Å². The van der Waals surface area contributed by atoms with E-state index < -0.39 is 0 Å². The Bertz CT molecular complexity index is 499. The van der Waals surface area contributed by atoms with Crippen molar-refractivity contribution in [3.8, 4) is 0 Å². The van der Waals surface area contributed by atoms with Gasteiger partial charge in [0.25, 0.3) is 0 Å². The van der Waals surface area contributed by atoms with Crippen LogP contribution in [0.5, 0.6) is 0 Å². The van der Waals surface area contributed by atoms with Crippen molar-refractivity contribution in [1.29, 1.82) is 0 Å². The molecular weight excluding hydrogens is 212 g/mol. The van der Waals surface area contributed by atoms with Gasteiger partial charge in [-0.15, -0.1) is 0 Å². The summed E-state index contributed by atoms with van der Waals surface area (Å²) in [7, 11) is 0. The SMILES string of the molecule is NC(CC1CCCN1)c1ccc2nc[nH]c2c1. The van der Waals surface area contributed by atoms with E-state index in [9.17, 15) is 0 Å². The zero-order valence-corrected chi connectivity index (χ0v) is 9.82. The number of aromatic nitrogens is 2. The third-order valence-corrected chi connectivity index (χ3v) is 3.57. The number of nitrogens with two attached hydrogens (primary N) is 1. The van der Waals surface area contributed by atoms with Crippen molar-refractivity contribution in [3.63, 3.8) is 0 Å². The molecule has 1 aromatic carbocycles. The van der Waals surface area contributed by atoms with Gasteiger partial charge in [-0.3, -0.25) is 0 Å². The number of hydrogen-bond donors (Lipinski definition) is 3. The minimum absolute atomic E-state index is 0.110. The van der Waals surface area contributed by atoms with Gasteiger partial charge in [0, 0.05) is 12.1 Å². The molecule has 2 unspecified atom stereocenters. The molecule has 17 heavy (non-hydrogen) atoms. The summed E-state index contributed by atoms with van der Waals surface area (Å²) >= 11 is 0. The Hall–Kier alpha value is -1.39. The molecule has 2 atom stereocenters. The van der Waals surface area contributed by atoms with Crippen LogP contribution in [0.2, 0.25) is 0 Å². The number of nitrogens with one attached hydrogen (secondary N) is 2. The summed E-state index contributed by atoms with van der Waals surface area (Å²) in [6.45, 7) is 1.14. The van der Waals surface area contributed by atoms with E-state index in [4.69, 9.17) is 5.73 Å². The molecule has 0 radical (unpaired) electrons. The molecule has 1 aliphatic heterocycles. The van der Waals surface area contributed by atoms with Gasteiger partial charge in [0.15, 0.2) is 0 Å². The highest BCUT2D eigenvalue weighted by Crippen LogP contribution is 2.22. The number of imidazole rings is 1. The van der Waals surface area contributed by atoms with E-state index in [1.807, 2.05) is 6.07 Å². The van der Waals surface area contributed by atoms with E-state index in [0.29, 0.717) is 6.04 Å². The van der Waals surface area contributed by atoms with E-state index in [2.05, 4.69) is 27.4 Å². The lowest BCUT2D eigenvalue weighted by molar-refractivity contribution is 0.499. The summed E-state index contributed by atoms with van der Waals surface area (Å²) < 4.78 is 0. The molecule has 0 bridgehead atoms. The maximum atomic E-state index is 6.26. The fourth-order valence-electron chi connectivity index (χ4n) is 2.58. The van der Waals surface area contributed by atoms with E-state index in [-0.39, 0.29) is 6.04 Å². The zero-order chi connectivity index (χ0) is 11.7. The van der Waals surface area contributed by atoms with Crippen LogP contribution in [0.3, 0.4) is 0 Å². The molecule has 1 fully saturated rings. The van der Waals surface area contributed by atoms with Crippen molar-refractivity contribution in [2.24, 2.45) is 5.73 Å². The molecule has 4 N–H and O–H groups in total. The molecule has 1 saturated heterocycles. The first-order valence-corrected chi connectivity index (χ1v) is 6.25. The second-order valence-corrected chi connectivity index (χ2v) is 4.81. The van der Waals surface area contributed by atoms with E-state index >= 15 is 0 Å². The highest BCUT2D eigenvalue weighted by Gasteiger charge is 2.18. The Kier molecular flexibility index (Phi) is 2.82. The number of hydrogen-bond acceptors (Lipinski definition) is 3. The Morgan fingerprint density at radius 2 is 2.41 bits per heavy atom. The Morgan fingerprint density at radius 3 is 3.24 bits per heavy atom. The van der Waals surface area contributed by atoms with Gasteiger partial charge >= 0.3 is 0 Å². The average molecular weight is 230 g/mol. The van der Waals surface area contributed by atoms with E-state index in [1.54, 1.807) is 6.33 Å². The first kappa shape index (κ1) is 10.7. The van der Waals surface area contributed by atoms with Crippen molar-refractivity contribution in [2.75, 3.05) is 6.54 Å². The largest absolute Gasteiger partial charge is 0.345 e. The van der Waals surface area contributed by atoms with Crippen molar-refractivity contribution in [3.05, 3.63) is 30.1 Å². The normalized spacial score (nSPS) is 22.1. The molecular formula is C13H18N4. The first-order chi connectivity index (χ1) is 8.33. The predicted octanol–water partition coefficient (Wildman–Crippen LogP) is 1.70. The van der Waals surface area contributed by atoms with Gasteiger partial charge in [0.1, 0.15) is 0 Å². The van der Waals surface area contributed by atoms with E-state index in [0.717, 1.165) is 24.0 Å². The number of benzene rings is 1. The minimum atomic E-state index is 0.110. The van der Waals surface area contributed by atoms with Crippen molar-refractivity contribution in [1.82, 2.24) is 15.3 Å². The van der Waals surface area contributed by atoms with Crippen molar-refractivity contribution >= 4 is 11.0 Å². The summed E-state index contributed by atoms with van der Waals surface area (Å²) in [5, 5.41) is 3.49. The number of nitrogens with zero attached hydrogens (tertiary/aromatic N) is 1. The molecule has 4 heteroatoms. The maximum Gasteiger partial charge on any atom is 0.0931 e. The van der Waals surface area contributed by atoms with Gasteiger partial charge in [-0.05, 0) is 43.5 Å². The van der Waals surface area contributed by atoms with Crippen LogP contribution in [0.15, 0.2) is 24.5 Å². The summed E-state index contributed by atoms with van der Waals surface area (Å²) in [5.41, 5.74) is 9.52. The minimum Gasteiger partial charge on any atom is -0.345 e. The van der Waals surface area contributed by atoms with E-state index in [1.165, 1.54) is 18.4 Å². The lowest BCUT2D eigenvalue weighted by Crippen LogP contribution is -2.26. The third kappa shape index (κ3) is 2.18. The second-order valence-electron chi connectivity index (χ2n) is 4.81. The van der Waals surface area contributed by atoms with Crippen LogP contribution >= 0.6 is 0 Å². The molecule has 4 nitrogen and oxygen atoms in total. The molecule has 0 spiro atoms. The molecule has 0 aliphatic carbocycles. The third-order valence-electron chi connectivity index (χ3n) is 3.57. The van der Waals surface area contributed by atoms with Crippen LogP contribution in [-0.4, -0.2) is 22.6 Å². The van der Waals surface area contributed by atoms with Crippen LogP contribution in [0.25, 0.3) is 11.0 Å². The molecule has 0 saturated carbocycles. The summed E-state index contributed by atoms with van der Waals surface area (Å²) in [5.74, 6) is 0. The molecule has 90 valence electrons. The highest BCUT2D eigenvalue weighted by molar-refractivity contribution is 5.75. The quantitative estimate of drug-likeness (QED) is 0.752. The molecule has 2 aromatic rings. The van der Waals surface area contributed by atoms with Crippen LogP contribution < -0.4 is 11.1 Å². The summed E-state index contributed by atoms with van der Waals surface area (Å²) in [6, 6.07) is 6.93. The number of fused-ring (bicyclic) bond motifs is 1. The standard InChI is InChI=1S/C13H18N4/c14-11(7-10-2-1-5-15-10)9-3-4-12-13(6-9)17-8-16-12/h3-4,6,8,10-11,15H,1-2,5,7,14H2,(H,16,17). The number of rotatable bonds is 3. The summed E-state index contributed by atoms with van der Waals surface area (Å²) in [6.07, 6.45) is 5.26. The number of H-pyrrole nitrogens is 1. The van der Waals surface area contributed by atoms with Gasteiger partial charge in [0.2, 0.25) is 0 Å². The highest BCUT2D eigenvalue weighted by atomic mass is 14.9. The fourth-order valence-corrected chi connectivity index (χ4v) is 2.58. The van der Waals surface area contributed by atoms with Crippen LogP contribution in [0.4, 0.5) is 0 Å². The van der Waals surface area contributed by atoms with Gasteiger partial charge in [-0.1, -0.05) is 6.07 Å². The van der Waals surface area contributed by atoms with Crippen LogP contribution in [0.1, 0.15) is 30.9 Å². The van der Waals surface area contributed by atoms with Crippen molar-refractivity contribution in [2.45, 2.75) is 31.3 Å². The maximum absolute atomic E-state index is 6.26. The van der Waals surface area contributed by atoms with Gasteiger partial charge < -0.3 is 16.0 Å². The molecule has 2 heterocycles. The first-order valence-electron chi connectivity index (χ1n) is 6.25. The lowest BCUT2D eigenvalue weighted by Gasteiger charge is -2.17. The number of aromatic amines is 1. The monoisotopic (exact) mass is 230 g/mol. The second kappa shape index (κ2) is 4.47. The zero-order valence-electron chi connectivity index (χ0n) is 9.82. The lowest BCUT2D eigenvalue weighted by atomic mass is 9.99. The molecule has 1 aromatic heterocycles. The topological polar surface area (TPSA) is 66.7 Å². The van der Waals surface area contributed by atoms with Crippen LogP contribution in [0, 0.1) is 0 Å². The van der Waals surface area contributed by atoms with Crippen LogP contribution in [-0.2, 0) is 0 Å². The predicted molar refractivity (Wildman–Crippen MR) is 68.7 cm³/mol. The fraction of sp³-hybridized carbons (Fsp3) is 0.462. The van der Waals surface area contributed by atoms with Gasteiger partial charge in [0.05, 0.1) is 17.4 Å². The Balaban J connectivity index is 1.77. The van der Waals surface area contributed by atoms with Gasteiger partial charge in [-0.2, -0.15) is 0 Å². The Morgan fingerprint density at radius 1 is 1.47 bits per heavy atom. The Labute approximate surface area is 101 Å². The molecule has 0 amide bonds. The van der Waals surface area contributed by atoms with Crippen molar-refractivity contribution < 1.29 is 0 Å². The molecule has 3 rings (SSSR count). The average Bonchev–Trinajstić information content (AvgIpc) is 2.97.